The molecule has 6 heteroatoms. The molecule has 0 spiro atoms. The van der Waals surface area contributed by atoms with Gasteiger partial charge >= 0.3 is 0 Å². The third kappa shape index (κ3) is 7.98. The standard InChI is InChI=1S/C24H40N4O2/c1-6-30-15-14-24(12-7-8-13-24)18-27-22(25-5)26-17-19-10-9-11-20(16-19)21(29)28-23(2,3)4/h9-11,16H,6-8,12-15,17-18H2,1-5H3,(H,28,29)(H2,25,26,27). The fourth-order valence-corrected chi connectivity index (χ4v) is 3.99. The molecule has 1 aromatic carbocycles. The van der Waals surface area contributed by atoms with E-state index in [0.29, 0.717) is 17.5 Å². The van der Waals surface area contributed by atoms with Crippen LogP contribution >= 0.6 is 0 Å². The van der Waals surface area contributed by atoms with Crippen molar-refractivity contribution in [1.82, 2.24) is 16.0 Å². The molecule has 1 amide bonds. The Labute approximate surface area is 182 Å². The number of nitrogens with one attached hydrogen (secondary N) is 3. The van der Waals surface area contributed by atoms with Crippen LogP contribution in [0, 0.1) is 5.41 Å². The van der Waals surface area contributed by atoms with Crippen LogP contribution in [0.25, 0.3) is 0 Å². The van der Waals surface area contributed by atoms with E-state index in [0.717, 1.165) is 37.7 Å². The molecule has 0 radical (unpaired) electrons. The quantitative estimate of drug-likeness (QED) is 0.325. The van der Waals surface area contributed by atoms with Crippen molar-refractivity contribution in [3.63, 3.8) is 0 Å². The number of carbonyl (C=O) groups is 1. The Kier molecular flexibility index (Phi) is 9.15. The molecule has 6 nitrogen and oxygen atoms in total. The van der Waals surface area contributed by atoms with Crippen LogP contribution in [0.2, 0.25) is 0 Å². The fourth-order valence-electron chi connectivity index (χ4n) is 3.99. The van der Waals surface area contributed by atoms with Gasteiger partial charge in [0.15, 0.2) is 5.96 Å². The van der Waals surface area contributed by atoms with Crippen molar-refractivity contribution in [2.75, 3.05) is 26.8 Å². The lowest BCUT2D eigenvalue weighted by Crippen LogP contribution is -2.43. The van der Waals surface area contributed by atoms with Crippen LogP contribution in [0.1, 0.15) is 75.7 Å². The van der Waals surface area contributed by atoms with E-state index in [1.165, 1.54) is 25.7 Å². The highest BCUT2D eigenvalue weighted by atomic mass is 16.5. The van der Waals surface area contributed by atoms with Crippen LogP contribution < -0.4 is 16.0 Å². The van der Waals surface area contributed by atoms with E-state index in [9.17, 15) is 4.79 Å². The van der Waals surface area contributed by atoms with E-state index < -0.39 is 0 Å². The summed E-state index contributed by atoms with van der Waals surface area (Å²) >= 11 is 0. The highest BCUT2D eigenvalue weighted by Gasteiger charge is 2.33. The van der Waals surface area contributed by atoms with Gasteiger partial charge in [-0.3, -0.25) is 9.79 Å². The molecular weight excluding hydrogens is 376 g/mol. The van der Waals surface area contributed by atoms with Crippen molar-refractivity contribution in [3.8, 4) is 0 Å². The molecule has 0 atom stereocenters. The zero-order valence-corrected chi connectivity index (χ0v) is 19.4. The van der Waals surface area contributed by atoms with Gasteiger partial charge in [0.1, 0.15) is 0 Å². The molecule has 0 unspecified atom stereocenters. The molecule has 1 aromatic rings. The molecule has 0 bridgehead atoms. The zero-order chi connectivity index (χ0) is 22.0. The van der Waals surface area contributed by atoms with E-state index in [1.807, 2.05) is 52.0 Å². The fraction of sp³-hybridized carbons (Fsp3) is 0.667. The van der Waals surface area contributed by atoms with Crippen molar-refractivity contribution in [2.24, 2.45) is 10.4 Å². The van der Waals surface area contributed by atoms with E-state index in [-0.39, 0.29) is 11.4 Å². The second-order valence-electron chi connectivity index (χ2n) is 9.34. The van der Waals surface area contributed by atoms with Gasteiger partial charge in [0, 0.05) is 44.5 Å². The van der Waals surface area contributed by atoms with Gasteiger partial charge in [-0.25, -0.2) is 0 Å². The number of guanidine groups is 1. The average molecular weight is 417 g/mol. The molecular formula is C24H40N4O2. The maximum atomic E-state index is 12.4. The molecule has 1 aliphatic carbocycles. The second-order valence-corrected chi connectivity index (χ2v) is 9.34. The largest absolute Gasteiger partial charge is 0.382 e. The topological polar surface area (TPSA) is 74.8 Å². The van der Waals surface area contributed by atoms with Gasteiger partial charge < -0.3 is 20.7 Å². The summed E-state index contributed by atoms with van der Waals surface area (Å²) < 4.78 is 5.61. The summed E-state index contributed by atoms with van der Waals surface area (Å²) in [4.78, 5) is 16.8. The Hall–Kier alpha value is -2.08. The summed E-state index contributed by atoms with van der Waals surface area (Å²) in [5.41, 5.74) is 1.77. The zero-order valence-electron chi connectivity index (χ0n) is 19.4. The Morgan fingerprint density at radius 3 is 2.57 bits per heavy atom. The SMILES string of the molecule is CCOCCC1(CNC(=NC)NCc2cccc(C(=O)NC(C)(C)C)c2)CCCC1. The highest BCUT2D eigenvalue weighted by molar-refractivity contribution is 5.94. The predicted octanol–water partition coefficient (Wildman–Crippen LogP) is 3.87. The van der Waals surface area contributed by atoms with Crippen molar-refractivity contribution >= 4 is 11.9 Å². The van der Waals surface area contributed by atoms with Crippen molar-refractivity contribution in [2.45, 2.75) is 71.9 Å². The van der Waals surface area contributed by atoms with Crippen LogP contribution in [0.15, 0.2) is 29.3 Å². The third-order valence-electron chi connectivity index (χ3n) is 5.64. The molecule has 1 fully saturated rings. The van der Waals surface area contributed by atoms with Gasteiger partial charge in [0.25, 0.3) is 5.91 Å². The Morgan fingerprint density at radius 1 is 1.20 bits per heavy atom. The number of aliphatic imine (C=N–C) groups is 1. The van der Waals surface area contributed by atoms with Gasteiger partial charge in [0.2, 0.25) is 0 Å². The smallest absolute Gasteiger partial charge is 0.251 e. The number of rotatable bonds is 9. The lowest BCUT2D eigenvalue weighted by atomic mass is 9.83. The number of hydrogen-bond acceptors (Lipinski definition) is 3. The lowest BCUT2D eigenvalue weighted by molar-refractivity contribution is 0.0919. The lowest BCUT2D eigenvalue weighted by Gasteiger charge is -2.30. The van der Waals surface area contributed by atoms with Crippen LogP contribution in [0.5, 0.6) is 0 Å². The summed E-state index contributed by atoms with van der Waals surface area (Å²) in [5.74, 6) is 0.742. The van der Waals surface area contributed by atoms with Crippen molar-refractivity contribution < 1.29 is 9.53 Å². The number of ether oxygens (including phenoxy) is 1. The van der Waals surface area contributed by atoms with E-state index in [1.54, 1.807) is 7.05 Å². The predicted molar refractivity (Wildman–Crippen MR) is 124 cm³/mol. The van der Waals surface area contributed by atoms with Crippen molar-refractivity contribution in [1.29, 1.82) is 0 Å². The first-order valence-corrected chi connectivity index (χ1v) is 11.2. The molecule has 0 aromatic heterocycles. The van der Waals surface area contributed by atoms with E-state index in [2.05, 4.69) is 20.9 Å². The Bertz CT molecular complexity index is 703. The molecule has 0 aliphatic heterocycles. The molecule has 1 aliphatic rings. The summed E-state index contributed by atoms with van der Waals surface area (Å²) in [7, 11) is 1.80. The number of amides is 1. The molecule has 2 rings (SSSR count). The molecule has 3 N–H and O–H groups in total. The Morgan fingerprint density at radius 2 is 1.93 bits per heavy atom. The molecule has 0 heterocycles. The van der Waals surface area contributed by atoms with E-state index >= 15 is 0 Å². The second kappa shape index (κ2) is 11.3. The first-order chi connectivity index (χ1) is 14.3. The minimum Gasteiger partial charge on any atom is -0.382 e. The van der Waals surface area contributed by atoms with Gasteiger partial charge in [-0.1, -0.05) is 25.0 Å². The molecule has 30 heavy (non-hydrogen) atoms. The minimum atomic E-state index is -0.254. The first-order valence-electron chi connectivity index (χ1n) is 11.2. The van der Waals surface area contributed by atoms with Gasteiger partial charge in [-0.2, -0.15) is 0 Å². The third-order valence-corrected chi connectivity index (χ3v) is 5.64. The summed E-state index contributed by atoms with van der Waals surface area (Å²) in [6, 6.07) is 7.72. The average Bonchev–Trinajstić information content (AvgIpc) is 3.16. The molecule has 1 saturated carbocycles. The normalized spacial score (nSPS) is 16.4. The summed E-state index contributed by atoms with van der Waals surface area (Å²) in [5, 5.41) is 9.92. The van der Waals surface area contributed by atoms with Crippen molar-refractivity contribution in [3.05, 3.63) is 35.4 Å². The molecule has 168 valence electrons. The summed E-state index contributed by atoms with van der Waals surface area (Å²) in [6.45, 7) is 11.1. The number of hydrogen-bond donors (Lipinski definition) is 3. The first kappa shape index (κ1) is 24.2. The Balaban J connectivity index is 1.89. The van der Waals surface area contributed by atoms with Gasteiger partial charge in [-0.15, -0.1) is 0 Å². The highest BCUT2D eigenvalue weighted by Crippen LogP contribution is 2.40. The van der Waals surface area contributed by atoms with Crippen LogP contribution in [0.4, 0.5) is 0 Å². The maximum Gasteiger partial charge on any atom is 0.251 e. The monoisotopic (exact) mass is 416 g/mol. The van der Waals surface area contributed by atoms with Gasteiger partial charge in [0.05, 0.1) is 0 Å². The maximum absolute atomic E-state index is 12.4. The molecule has 0 saturated heterocycles. The summed E-state index contributed by atoms with van der Waals surface area (Å²) in [6.07, 6.45) is 6.17. The van der Waals surface area contributed by atoms with Gasteiger partial charge in [-0.05, 0) is 70.1 Å². The van der Waals surface area contributed by atoms with Crippen LogP contribution in [-0.4, -0.2) is 44.2 Å². The van der Waals surface area contributed by atoms with Crippen LogP contribution in [-0.2, 0) is 11.3 Å². The number of benzene rings is 1. The number of nitrogens with zero attached hydrogens (tertiary/aromatic N) is 1. The van der Waals surface area contributed by atoms with E-state index in [4.69, 9.17) is 4.74 Å². The number of carbonyl (C=O) groups excluding carboxylic acids is 1. The minimum absolute atomic E-state index is 0.0515. The van der Waals surface area contributed by atoms with Crippen LogP contribution in [0.3, 0.4) is 0 Å².